The predicted molar refractivity (Wildman–Crippen MR) is 132 cm³/mol. The number of carbonyl (C=O) groups excluding carboxylic acids is 4. The number of aliphatic hydroxyl groups excluding tert-OH is 1. The van der Waals surface area contributed by atoms with Crippen LogP contribution < -0.4 is 5.32 Å². The monoisotopic (exact) mass is 540 g/mol. The van der Waals surface area contributed by atoms with Crippen molar-refractivity contribution in [1.82, 2.24) is 20.3 Å². The third-order valence-electron chi connectivity index (χ3n) is 6.00. The third-order valence-corrected chi connectivity index (χ3v) is 6.00. The first-order chi connectivity index (χ1) is 18.1. The molecule has 1 fully saturated rings. The van der Waals surface area contributed by atoms with E-state index < -0.39 is 54.4 Å². The fourth-order valence-corrected chi connectivity index (χ4v) is 4.39. The van der Waals surface area contributed by atoms with Crippen molar-refractivity contribution < 1.29 is 43.2 Å². The molecule has 1 amide bonds. The zero-order chi connectivity index (χ0) is 28.1. The van der Waals surface area contributed by atoms with Gasteiger partial charge in [0.1, 0.15) is 18.8 Å². The number of amides is 1. The van der Waals surface area contributed by atoms with E-state index in [1.54, 1.807) is 6.20 Å². The van der Waals surface area contributed by atoms with E-state index in [9.17, 15) is 19.2 Å². The lowest BCUT2D eigenvalue weighted by Gasteiger charge is -2.45. The molecule has 0 saturated carbocycles. The lowest BCUT2D eigenvalue weighted by Crippen LogP contribution is -2.64. The van der Waals surface area contributed by atoms with Gasteiger partial charge >= 0.3 is 17.9 Å². The number of nitrogens with zero attached hydrogens (tertiary/aromatic N) is 3. The molecule has 2 N–H and O–H groups in total. The highest BCUT2D eigenvalue weighted by Gasteiger charge is 2.51. The molecule has 0 bridgehead atoms. The quantitative estimate of drug-likeness (QED) is 0.187. The van der Waals surface area contributed by atoms with E-state index in [4.69, 9.17) is 24.1 Å². The first-order valence-corrected chi connectivity index (χ1v) is 13.0. The summed E-state index contributed by atoms with van der Waals surface area (Å²) < 4.78 is 23.6. The van der Waals surface area contributed by atoms with E-state index in [1.807, 2.05) is 0 Å². The van der Waals surface area contributed by atoms with E-state index in [2.05, 4.69) is 15.6 Å². The average Bonchev–Trinajstić information content (AvgIpc) is 3.30. The van der Waals surface area contributed by atoms with Crippen molar-refractivity contribution in [2.24, 2.45) is 0 Å². The van der Waals surface area contributed by atoms with Crippen LogP contribution in [-0.2, 0) is 44.5 Å². The minimum Gasteiger partial charge on any atom is -0.463 e. The molecular formula is C25H40N4O9. The second kappa shape index (κ2) is 16.0. The Morgan fingerprint density at radius 2 is 1.53 bits per heavy atom. The van der Waals surface area contributed by atoms with Gasteiger partial charge in [-0.3, -0.25) is 19.2 Å². The first-order valence-electron chi connectivity index (χ1n) is 13.0. The number of rotatable bonds is 15. The van der Waals surface area contributed by atoms with Gasteiger partial charge in [0.05, 0.1) is 11.9 Å². The largest absolute Gasteiger partial charge is 0.463 e. The lowest BCUT2D eigenvalue weighted by molar-refractivity contribution is -0.239. The lowest BCUT2D eigenvalue weighted by atomic mass is 9.95. The van der Waals surface area contributed by atoms with Gasteiger partial charge in [0.25, 0.3) is 0 Å². The van der Waals surface area contributed by atoms with Crippen molar-refractivity contribution in [2.75, 3.05) is 13.2 Å². The highest BCUT2D eigenvalue weighted by atomic mass is 16.6. The van der Waals surface area contributed by atoms with E-state index >= 15 is 0 Å². The summed E-state index contributed by atoms with van der Waals surface area (Å²) in [5, 5.41) is 20.0. The molecule has 1 aromatic rings. The molecule has 0 aromatic carbocycles. The average molecular weight is 541 g/mol. The topological polar surface area (TPSA) is 168 Å². The zero-order valence-electron chi connectivity index (χ0n) is 22.6. The van der Waals surface area contributed by atoms with Crippen molar-refractivity contribution in [3.8, 4) is 0 Å². The van der Waals surface area contributed by atoms with Crippen LogP contribution in [0.1, 0.15) is 84.6 Å². The maximum atomic E-state index is 12.1. The fourth-order valence-electron chi connectivity index (χ4n) is 4.39. The molecule has 38 heavy (non-hydrogen) atoms. The zero-order valence-corrected chi connectivity index (χ0v) is 22.6. The number of aromatic nitrogens is 3. The normalized spacial score (nSPS) is 22.9. The molecule has 2 heterocycles. The number of hydrogen-bond donors (Lipinski definition) is 2. The summed E-state index contributed by atoms with van der Waals surface area (Å²) in [6, 6.07) is -0.984. The van der Waals surface area contributed by atoms with Gasteiger partial charge < -0.3 is 29.4 Å². The van der Waals surface area contributed by atoms with Crippen LogP contribution in [0.3, 0.4) is 0 Å². The minimum absolute atomic E-state index is 0.236. The molecule has 214 valence electrons. The van der Waals surface area contributed by atoms with Crippen LogP contribution in [0, 0.1) is 0 Å². The van der Waals surface area contributed by atoms with Gasteiger partial charge in [-0.1, -0.05) is 37.3 Å². The number of esters is 3. The summed E-state index contributed by atoms with van der Waals surface area (Å²) in [6.45, 7) is 4.86. The number of unbranched alkanes of at least 4 members (excludes halogenated alkanes) is 6. The molecule has 1 aromatic heterocycles. The Morgan fingerprint density at radius 1 is 0.921 bits per heavy atom. The third kappa shape index (κ3) is 10.4. The first kappa shape index (κ1) is 31.2. The van der Waals surface area contributed by atoms with Crippen LogP contribution in [-0.4, -0.2) is 81.5 Å². The van der Waals surface area contributed by atoms with Crippen molar-refractivity contribution in [3.05, 3.63) is 11.9 Å². The van der Waals surface area contributed by atoms with E-state index in [0.717, 1.165) is 50.6 Å². The van der Waals surface area contributed by atoms with Crippen molar-refractivity contribution in [2.45, 2.75) is 110 Å². The molecule has 0 aliphatic carbocycles. The molecule has 2 rings (SSSR count). The van der Waals surface area contributed by atoms with Gasteiger partial charge in [0.15, 0.2) is 18.4 Å². The summed E-state index contributed by atoms with van der Waals surface area (Å²) in [6.07, 6.45) is 5.19. The Morgan fingerprint density at radius 3 is 2.11 bits per heavy atom. The summed E-state index contributed by atoms with van der Waals surface area (Å²) in [4.78, 5) is 47.4. The van der Waals surface area contributed by atoms with E-state index in [-0.39, 0.29) is 13.2 Å². The Kier molecular flexibility index (Phi) is 13.1. The smallest absolute Gasteiger partial charge is 0.303 e. The standard InChI is InChI=1S/C25H40N4O9/c1-16(31)26-22-24(37-19(4)34)23(36-18(3)33)21(15-35-17(2)32)38-25(22)29-14-20(27-28-29)12-10-8-6-5-7-9-11-13-30/h14,21-25,30H,5-13,15H2,1-4H3,(H,26,31)/t21-,22-,23-,24-,25-/m1/s1. The van der Waals surface area contributed by atoms with Crippen LogP contribution >= 0.6 is 0 Å². The van der Waals surface area contributed by atoms with Crippen LogP contribution in [0.15, 0.2) is 6.20 Å². The molecule has 5 atom stereocenters. The molecule has 1 aliphatic heterocycles. The Labute approximate surface area is 222 Å². The summed E-state index contributed by atoms with van der Waals surface area (Å²) >= 11 is 0. The number of ether oxygens (including phenoxy) is 4. The predicted octanol–water partition coefficient (Wildman–Crippen LogP) is 1.37. The minimum atomic E-state index is -1.16. The van der Waals surface area contributed by atoms with E-state index in [0.29, 0.717) is 6.42 Å². The van der Waals surface area contributed by atoms with Crippen LogP contribution in [0.2, 0.25) is 0 Å². The number of aliphatic hydroxyl groups is 1. The van der Waals surface area contributed by atoms with Crippen LogP contribution in [0.4, 0.5) is 0 Å². The molecule has 0 radical (unpaired) electrons. The molecule has 13 heteroatoms. The number of nitrogens with one attached hydrogen (secondary N) is 1. The molecule has 1 saturated heterocycles. The summed E-state index contributed by atoms with van der Waals surface area (Å²) in [5.74, 6) is -2.33. The molecular weight excluding hydrogens is 500 g/mol. The Bertz CT molecular complexity index is 922. The molecule has 1 aliphatic rings. The maximum absolute atomic E-state index is 12.1. The van der Waals surface area contributed by atoms with Crippen molar-refractivity contribution in [3.63, 3.8) is 0 Å². The fraction of sp³-hybridized carbons (Fsp3) is 0.760. The van der Waals surface area contributed by atoms with Gasteiger partial charge in [-0.15, -0.1) is 5.10 Å². The van der Waals surface area contributed by atoms with Crippen molar-refractivity contribution >= 4 is 23.8 Å². The maximum Gasteiger partial charge on any atom is 0.303 e. The van der Waals surface area contributed by atoms with Gasteiger partial charge in [-0.05, 0) is 19.3 Å². The van der Waals surface area contributed by atoms with E-state index in [1.165, 1.54) is 32.4 Å². The van der Waals surface area contributed by atoms with Gasteiger partial charge in [-0.2, -0.15) is 0 Å². The molecule has 0 spiro atoms. The SMILES string of the molecule is CC(=O)N[C@@H]1[C@@H](OC(C)=O)[C@H](OC(C)=O)[C@@H](COC(C)=O)O[C@H]1n1cc(CCCCCCCCCO)nn1. The number of carbonyl (C=O) groups is 4. The molecule has 13 nitrogen and oxygen atoms in total. The summed E-state index contributed by atoms with van der Waals surface area (Å²) in [5.41, 5.74) is 0.720. The Hall–Kier alpha value is -3.06. The van der Waals surface area contributed by atoms with Crippen molar-refractivity contribution in [1.29, 1.82) is 0 Å². The highest BCUT2D eigenvalue weighted by molar-refractivity contribution is 5.73. The van der Waals surface area contributed by atoms with Gasteiger partial charge in [-0.25, -0.2) is 4.68 Å². The second-order valence-electron chi connectivity index (χ2n) is 9.38. The Balaban J connectivity index is 2.21. The molecule has 0 unspecified atom stereocenters. The van der Waals surface area contributed by atoms with Crippen LogP contribution in [0.25, 0.3) is 0 Å². The van der Waals surface area contributed by atoms with Crippen LogP contribution in [0.5, 0.6) is 0 Å². The number of aryl methyl sites for hydroxylation is 1. The van der Waals surface area contributed by atoms with Gasteiger partial charge in [0.2, 0.25) is 5.91 Å². The summed E-state index contributed by atoms with van der Waals surface area (Å²) in [7, 11) is 0. The number of hydrogen-bond acceptors (Lipinski definition) is 11. The van der Waals surface area contributed by atoms with Gasteiger partial charge in [0, 0.05) is 34.3 Å². The second-order valence-corrected chi connectivity index (χ2v) is 9.38. The highest BCUT2D eigenvalue weighted by Crippen LogP contribution is 2.32.